The molecule has 1 unspecified atom stereocenters. The Morgan fingerprint density at radius 3 is 2.67 bits per heavy atom. The third-order valence-electron chi connectivity index (χ3n) is 3.13. The summed E-state index contributed by atoms with van der Waals surface area (Å²) in [4.78, 5) is 13.4. The molecule has 3 N–H and O–H groups in total. The smallest absolute Gasteiger partial charge is 0.258 e. The lowest BCUT2D eigenvalue weighted by molar-refractivity contribution is -0.131. The van der Waals surface area contributed by atoms with Gasteiger partial charge in [-0.1, -0.05) is 0 Å². The molecule has 2 fully saturated rings. The fraction of sp³-hybridized carbons (Fsp3) is 0.778. The largest absolute Gasteiger partial charge is 0.357 e. The first kappa shape index (κ1) is 10.6. The van der Waals surface area contributed by atoms with Gasteiger partial charge in [0.05, 0.1) is 0 Å². The molecule has 2 rings (SSSR count). The summed E-state index contributed by atoms with van der Waals surface area (Å²) in [6.07, 6.45) is 0.752. The van der Waals surface area contributed by atoms with Crippen molar-refractivity contribution in [2.24, 2.45) is 5.84 Å². The Morgan fingerprint density at radius 1 is 1.47 bits per heavy atom. The highest BCUT2D eigenvalue weighted by Crippen LogP contribution is 2.36. The number of amides is 1. The van der Waals surface area contributed by atoms with Crippen molar-refractivity contribution in [3.63, 3.8) is 0 Å². The highest BCUT2D eigenvalue weighted by molar-refractivity contribution is 7.80. The second-order valence-electron chi connectivity index (χ2n) is 5.06. The SMILES string of the molecule is CC1(C)CC2(C)N(N)C(=O)CN2C(=S)N1. The topological polar surface area (TPSA) is 61.6 Å². The van der Waals surface area contributed by atoms with Crippen molar-refractivity contribution in [1.82, 2.24) is 15.2 Å². The van der Waals surface area contributed by atoms with E-state index < -0.39 is 5.66 Å². The maximum atomic E-state index is 11.6. The lowest BCUT2D eigenvalue weighted by Gasteiger charge is -2.50. The molecule has 0 aromatic carbocycles. The quantitative estimate of drug-likeness (QED) is 0.341. The van der Waals surface area contributed by atoms with Gasteiger partial charge in [-0.2, -0.15) is 0 Å². The van der Waals surface area contributed by atoms with Crippen LogP contribution in [0.25, 0.3) is 0 Å². The van der Waals surface area contributed by atoms with E-state index in [4.69, 9.17) is 18.1 Å². The Bertz CT molecular complexity index is 343. The lowest BCUT2D eigenvalue weighted by Crippen LogP contribution is -2.68. The number of fused-ring (bicyclic) bond motifs is 1. The Hall–Kier alpha value is -0.880. The lowest BCUT2D eigenvalue weighted by atomic mass is 9.89. The van der Waals surface area contributed by atoms with Crippen LogP contribution in [0.15, 0.2) is 0 Å². The van der Waals surface area contributed by atoms with Gasteiger partial charge in [-0.05, 0) is 33.0 Å². The summed E-state index contributed by atoms with van der Waals surface area (Å²) < 4.78 is 0. The first-order valence-corrected chi connectivity index (χ1v) is 5.35. The van der Waals surface area contributed by atoms with Gasteiger partial charge < -0.3 is 10.2 Å². The van der Waals surface area contributed by atoms with Gasteiger partial charge in [0.15, 0.2) is 5.11 Å². The number of hydrogen-bond donors (Lipinski definition) is 2. The van der Waals surface area contributed by atoms with Gasteiger partial charge in [-0.15, -0.1) is 0 Å². The zero-order chi connectivity index (χ0) is 11.4. The molecule has 5 nitrogen and oxygen atoms in total. The van der Waals surface area contributed by atoms with E-state index in [-0.39, 0.29) is 18.0 Å². The molecule has 2 aliphatic heterocycles. The van der Waals surface area contributed by atoms with Crippen LogP contribution in [0.3, 0.4) is 0 Å². The van der Waals surface area contributed by atoms with Crippen LogP contribution in [0, 0.1) is 0 Å². The zero-order valence-corrected chi connectivity index (χ0v) is 10.0. The van der Waals surface area contributed by atoms with E-state index in [2.05, 4.69) is 19.2 Å². The number of carbonyl (C=O) groups excluding carboxylic acids is 1. The predicted molar refractivity (Wildman–Crippen MR) is 60.6 cm³/mol. The van der Waals surface area contributed by atoms with Crippen LogP contribution in [0.1, 0.15) is 27.2 Å². The van der Waals surface area contributed by atoms with E-state index in [1.54, 1.807) is 0 Å². The standard InChI is InChI=1S/C9H16N4OS/c1-8(2)5-9(3)12(7(15)11-8)4-6(14)13(9)10/h4-5,10H2,1-3H3,(H,11,15). The van der Waals surface area contributed by atoms with Crippen molar-refractivity contribution in [2.45, 2.75) is 38.4 Å². The number of nitrogens with two attached hydrogens (primary N) is 1. The molecule has 0 saturated carbocycles. The first-order valence-electron chi connectivity index (χ1n) is 4.94. The average molecular weight is 228 g/mol. The van der Waals surface area contributed by atoms with Crippen molar-refractivity contribution in [3.05, 3.63) is 0 Å². The molecule has 0 radical (unpaired) electrons. The molecule has 0 aromatic rings. The Kier molecular flexibility index (Phi) is 2.00. The second kappa shape index (κ2) is 2.82. The van der Waals surface area contributed by atoms with Crippen LogP contribution in [-0.2, 0) is 4.79 Å². The summed E-state index contributed by atoms with van der Waals surface area (Å²) in [7, 11) is 0. The fourth-order valence-electron chi connectivity index (χ4n) is 2.49. The van der Waals surface area contributed by atoms with E-state index in [1.807, 2.05) is 11.8 Å². The van der Waals surface area contributed by atoms with E-state index in [0.717, 1.165) is 6.42 Å². The normalized spacial score (nSPS) is 34.1. The molecule has 2 heterocycles. The molecule has 84 valence electrons. The number of rotatable bonds is 0. The van der Waals surface area contributed by atoms with E-state index in [9.17, 15) is 4.79 Å². The Labute approximate surface area is 94.5 Å². The van der Waals surface area contributed by atoms with Crippen molar-refractivity contribution >= 4 is 23.2 Å². The van der Waals surface area contributed by atoms with Crippen molar-refractivity contribution < 1.29 is 4.79 Å². The van der Waals surface area contributed by atoms with Crippen LogP contribution in [0.2, 0.25) is 0 Å². The summed E-state index contributed by atoms with van der Waals surface area (Å²) in [6, 6.07) is 0. The van der Waals surface area contributed by atoms with Gasteiger partial charge >= 0.3 is 0 Å². The number of hydrogen-bond acceptors (Lipinski definition) is 3. The molecule has 2 saturated heterocycles. The second-order valence-corrected chi connectivity index (χ2v) is 5.44. The minimum atomic E-state index is -0.483. The summed E-state index contributed by atoms with van der Waals surface area (Å²) in [6.45, 7) is 6.33. The van der Waals surface area contributed by atoms with Crippen LogP contribution < -0.4 is 11.2 Å². The summed E-state index contributed by atoms with van der Waals surface area (Å²) in [5.41, 5.74) is -0.618. The molecule has 2 aliphatic rings. The first-order chi connectivity index (χ1) is 6.76. The van der Waals surface area contributed by atoms with Crippen molar-refractivity contribution in [1.29, 1.82) is 0 Å². The highest BCUT2D eigenvalue weighted by Gasteiger charge is 2.53. The molecule has 0 spiro atoms. The number of nitrogens with zero attached hydrogens (tertiary/aromatic N) is 2. The number of carbonyl (C=O) groups is 1. The van der Waals surface area contributed by atoms with E-state index >= 15 is 0 Å². The van der Waals surface area contributed by atoms with E-state index in [0.29, 0.717) is 5.11 Å². The molecule has 0 bridgehead atoms. The fourth-order valence-corrected chi connectivity index (χ4v) is 3.03. The number of thiocarbonyl (C=S) groups is 1. The molecule has 15 heavy (non-hydrogen) atoms. The number of hydrazine groups is 1. The molecule has 0 aromatic heterocycles. The maximum absolute atomic E-state index is 11.6. The minimum absolute atomic E-state index is 0.0839. The van der Waals surface area contributed by atoms with Crippen molar-refractivity contribution in [2.75, 3.05) is 6.54 Å². The zero-order valence-electron chi connectivity index (χ0n) is 9.20. The third kappa shape index (κ3) is 1.39. The number of nitrogens with one attached hydrogen (secondary N) is 1. The van der Waals surface area contributed by atoms with Gasteiger partial charge in [0.2, 0.25) is 0 Å². The Balaban J connectivity index is 2.39. The van der Waals surface area contributed by atoms with Gasteiger partial charge in [0, 0.05) is 12.0 Å². The summed E-state index contributed by atoms with van der Waals surface area (Å²) >= 11 is 5.25. The van der Waals surface area contributed by atoms with Crippen LogP contribution in [-0.4, -0.2) is 38.7 Å². The monoisotopic (exact) mass is 228 g/mol. The van der Waals surface area contributed by atoms with Crippen LogP contribution >= 0.6 is 12.2 Å². The highest BCUT2D eigenvalue weighted by atomic mass is 32.1. The van der Waals surface area contributed by atoms with E-state index in [1.165, 1.54) is 5.01 Å². The van der Waals surface area contributed by atoms with Crippen LogP contribution in [0.4, 0.5) is 0 Å². The van der Waals surface area contributed by atoms with Crippen LogP contribution in [0.5, 0.6) is 0 Å². The summed E-state index contributed by atoms with van der Waals surface area (Å²) in [5.74, 6) is 5.72. The summed E-state index contributed by atoms with van der Waals surface area (Å²) in [5, 5.41) is 5.13. The predicted octanol–water partition coefficient (Wildman–Crippen LogP) is -0.223. The molecule has 0 aliphatic carbocycles. The molecule has 1 atom stereocenters. The van der Waals surface area contributed by atoms with Gasteiger partial charge in [-0.25, -0.2) is 5.84 Å². The molecule has 6 heteroatoms. The minimum Gasteiger partial charge on any atom is -0.357 e. The maximum Gasteiger partial charge on any atom is 0.258 e. The molecular weight excluding hydrogens is 212 g/mol. The van der Waals surface area contributed by atoms with Gasteiger partial charge in [-0.3, -0.25) is 9.80 Å². The third-order valence-corrected chi connectivity index (χ3v) is 3.45. The van der Waals surface area contributed by atoms with Gasteiger partial charge in [0.1, 0.15) is 12.2 Å². The van der Waals surface area contributed by atoms with Crippen molar-refractivity contribution in [3.8, 4) is 0 Å². The van der Waals surface area contributed by atoms with Gasteiger partial charge in [0.25, 0.3) is 5.91 Å². The average Bonchev–Trinajstić information content (AvgIpc) is 2.27. The molecular formula is C9H16N4OS. The molecule has 1 amide bonds. The Morgan fingerprint density at radius 2 is 2.07 bits per heavy atom.